The van der Waals surface area contributed by atoms with Crippen LogP contribution in [0.2, 0.25) is 0 Å². The number of aromatic carboxylic acids is 1. The summed E-state index contributed by atoms with van der Waals surface area (Å²) in [5, 5.41) is 9.82. The lowest BCUT2D eigenvalue weighted by Crippen LogP contribution is -2.22. The van der Waals surface area contributed by atoms with Gasteiger partial charge in [0, 0.05) is 13.6 Å². The van der Waals surface area contributed by atoms with Gasteiger partial charge in [-0.15, -0.1) is 11.3 Å². The van der Waals surface area contributed by atoms with E-state index in [1.54, 1.807) is 6.07 Å². The van der Waals surface area contributed by atoms with E-state index in [4.69, 9.17) is 5.11 Å². The number of nitrogens with zero attached hydrogens (tertiary/aromatic N) is 2. The van der Waals surface area contributed by atoms with Gasteiger partial charge in [0.1, 0.15) is 4.88 Å². The molecule has 0 fully saturated rings. The van der Waals surface area contributed by atoms with Crippen LogP contribution in [0.1, 0.15) is 16.1 Å². The van der Waals surface area contributed by atoms with Crippen LogP contribution < -0.4 is 4.90 Å². The fourth-order valence-electron chi connectivity index (χ4n) is 1.38. The van der Waals surface area contributed by atoms with Crippen molar-refractivity contribution in [2.24, 2.45) is 0 Å². The third kappa shape index (κ3) is 3.83. The first-order valence-corrected chi connectivity index (χ1v) is 6.01. The molecule has 0 unspecified atom stereocenters. The minimum atomic E-state index is -0.849. The van der Waals surface area contributed by atoms with Crippen molar-refractivity contribution in [1.82, 2.24) is 4.90 Å². The molecule has 0 saturated heterocycles. The zero-order valence-corrected chi connectivity index (χ0v) is 10.8. The lowest BCUT2D eigenvalue weighted by Gasteiger charge is -2.18. The monoisotopic (exact) mass is 242 g/mol. The smallest absolute Gasteiger partial charge is 0.345 e. The Morgan fingerprint density at radius 1 is 1.31 bits per heavy atom. The van der Waals surface area contributed by atoms with Crippen LogP contribution in [0.4, 0.5) is 5.00 Å². The summed E-state index contributed by atoms with van der Waals surface area (Å²) in [5.74, 6) is -0.849. The zero-order valence-electron chi connectivity index (χ0n) is 9.93. The normalized spacial score (nSPS) is 10.8. The van der Waals surface area contributed by atoms with Crippen molar-refractivity contribution < 1.29 is 9.90 Å². The molecular weight excluding hydrogens is 224 g/mol. The number of carboxylic acid groups (broad SMARTS) is 1. The van der Waals surface area contributed by atoms with Crippen molar-refractivity contribution in [1.29, 1.82) is 0 Å². The standard InChI is InChI=1S/C11H18N2O2S/c1-12(2)7-4-8-13(3)10-6-5-9(16-10)11(14)15/h5-6H,4,7-8H2,1-3H3,(H,14,15). The van der Waals surface area contributed by atoms with Crippen molar-refractivity contribution in [3.63, 3.8) is 0 Å². The summed E-state index contributed by atoms with van der Waals surface area (Å²) >= 11 is 1.32. The largest absolute Gasteiger partial charge is 0.477 e. The summed E-state index contributed by atoms with van der Waals surface area (Å²) in [4.78, 5) is 15.4. The molecule has 0 saturated carbocycles. The van der Waals surface area contributed by atoms with Gasteiger partial charge in [0.2, 0.25) is 0 Å². The second-order valence-corrected chi connectivity index (χ2v) is 5.08. The second-order valence-electron chi connectivity index (χ2n) is 4.02. The highest BCUT2D eigenvalue weighted by atomic mass is 32.1. The maximum Gasteiger partial charge on any atom is 0.345 e. The Morgan fingerprint density at radius 2 is 2.00 bits per heavy atom. The molecule has 0 aromatic carbocycles. The minimum absolute atomic E-state index is 0.398. The van der Waals surface area contributed by atoms with E-state index in [0.717, 1.165) is 24.5 Å². The summed E-state index contributed by atoms with van der Waals surface area (Å²) in [6.45, 7) is 1.99. The van der Waals surface area contributed by atoms with Crippen molar-refractivity contribution in [2.45, 2.75) is 6.42 Å². The number of hydrogen-bond donors (Lipinski definition) is 1. The third-order valence-corrected chi connectivity index (χ3v) is 3.47. The molecule has 0 aliphatic rings. The Kier molecular flexibility index (Phi) is 4.76. The minimum Gasteiger partial charge on any atom is -0.477 e. The van der Waals surface area contributed by atoms with Crippen molar-refractivity contribution in [3.8, 4) is 0 Å². The predicted octanol–water partition coefficient (Wildman–Crippen LogP) is 1.83. The summed E-state index contributed by atoms with van der Waals surface area (Å²) in [5.41, 5.74) is 0. The predicted molar refractivity (Wildman–Crippen MR) is 67.7 cm³/mol. The fraction of sp³-hybridized carbons (Fsp3) is 0.545. The van der Waals surface area contributed by atoms with Gasteiger partial charge in [0.25, 0.3) is 0 Å². The molecule has 1 heterocycles. The Hall–Kier alpha value is -1.07. The van der Waals surface area contributed by atoms with E-state index < -0.39 is 5.97 Å². The van der Waals surface area contributed by atoms with Gasteiger partial charge in [-0.05, 0) is 39.2 Å². The van der Waals surface area contributed by atoms with Crippen LogP contribution in [0, 0.1) is 0 Å². The SMILES string of the molecule is CN(C)CCCN(C)c1ccc(C(=O)O)s1. The number of carbonyl (C=O) groups is 1. The highest BCUT2D eigenvalue weighted by Gasteiger charge is 2.09. The fourth-order valence-corrected chi connectivity index (χ4v) is 2.21. The van der Waals surface area contributed by atoms with Crippen LogP contribution >= 0.6 is 11.3 Å². The first-order valence-electron chi connectivity index (χ1n) is 5.19. The molecule has 1 aromatic rings. The maximum atomic E-state index is 10.7. The van der Waals surface area contributed by atoms with E-state index in [-0.39, 0.29) is 0 Å². The molecule has 16 heavy (non-hydrogen) atoms. The molecule has 0 spiro atoms. The molecule has 1 aromatic heterocycles. The van der Waals surface area contributed by atoms with E-state index in [1.165, 1.54) is 11.3 Å². The Bertz CT molecular complexity index is 350. The zero-order chi connectivity index (χ0) is 12.1. The first kappa shape index (κ1) is 13.0. The van der Waals surface area contributed by atoms with Crippen LogP contribution in [0.15, 0.2) is 12.1 Å². The van der Waals surface area contributed by atoms with Gasteiger partial charge in [-0.2, -0.15) is 0 Å². The second kappa shape index (κ2) is 5.86. The topological polar surface area (TPSA) is 43.8 Å². The van der Waals surface area contributed by atoms with E-state index in [1.807, 2.05) is 27.2 Å². The number of anilines is 1. The summed E-state index contributed by atoms with van der Waals surface area (Å²) in [6, 6.07) is 3.52. The molecule has 0 amide bonds. The van der Waals surface area contributed by atoms with Gasteiger partial charge in [0.15, 0.2) is 0 Å². The van der Waals surface area contributed by atoms with Crippen LogP contribution in [-0.2, 0) is 0 Å². The molecule has 1 rings (SSSR count). The Morgan fingerprint density at radius 3 is 2.50 bits per heavy atom. The molecule has 0 atom stereocenters. The lowest BCUT2D eigenvalue weighted by molar-refractivity contribution is 0.0702. The van der Waals surface area contributed by atoms with E-state index >= 15 is 0 Å². The maximum absolute atomic E-state index is 10.7. The molecule has 0 radical (unpaired) electrons. The third-order valence-electron chi connectivity index (χ3n) is 2.28. The quantitative estimate of drug-likeness (QED) is 0.826. The molecule has 0 bridgehead atoms. The molecule has 0 aliphatic heterocycles. The van der Waals surface area contributed by atoms with Gasteiger partial charge in [-0.3, -0.25) is 0 Å². The van der Waals surface area contributed by atoms with Crippen molar-refractivity contribution in [3.05, 3.63) is 17.0 Å². The van der Waals surface area contributed by atoms with Crippen molar-refractivity contribution in [2.75, 3.05) is 39.1 Å². The highest BCUT2D eigenvalue weighted by Crippen LogP contribution is 2.25. The Balaban J connectivity index is 2.46. The van der Waals surface area contributed by atoms with Crippen LogP contribution in [0.5, 0.6) is 0 Å². The van der Waals surface area contributed by atoms with Crippen LogP contribution in [0.25, 0.3) is 0 Å². The number of rotatable bonds is 6. The number of carboxylic acids is 1. The lowest BCUT2D eigenvalue weighted by atomic mass is 10.4. The van der Waals surface area contributed by atoms with Gasteiger partial charge < -0.3 is 14.9 Å². The average molecular weight is 242 g/mol. The first-order chi connectivity index (χ1) is 7.50. The molecule has 4 nitrogen and oxygen atoms in total. The number of thiophene rings is 1. The molecule has 5 heteroatoms. The van der Waals surface area contributed by atoms with Gasteiger partial charge in [-0.25, -0.2) is 4.79 Å². The van der Waals surface area contributed by atoms with Crippen molar-refractivity contribution >= 4 is 22.3 Å². The summed E-state index contributed by atoms with van der Waals surface area (Å²) in [6.07, 6.45) is 1.07. The van der Waals surface area contributed by atoms with E-state index in [9.17, 15) is 4.79 Å². The summed E-state index contributed by atoms with van der Waals surface area (Å²) in [7, 11) is 6.09. The van der Waals surface area contributed by atoms with Crippen LogP contribution in [0.3, 0.4) is 0 Å². The molecule has 1 N–H and O–H groups in total. The molecule has 0 aliphatic carbocycles. The van der Waals surface area contributed by atoms with Gasteiger partial charge in [-0.1, -0.05) is 0 Å². The molecule has 90 valence electrons. The van der Waals surface area contributed by atoms with E-state index in [0.29, 0.717) is 4.88 Å². The van der Waals surface area contributed by atoms with E-state index in [2.05, 4.69) is 9.80 Å². The average Bonchev–Trinajstić information content (AvgIpc) is 2.65. The van der Waals surface area contributed by atoms with Gasteiger partial charge >= 0.3 is 5.97 Å². The van der Waals surface area contributed by atoms with Gasteiger partial charge in [0.05, 0.1) is 5.00 Å². The van der Waals surface area contributed by atoms with Crippen LogP contribution in [-0.4, -0.2) is 50.2 Å². The molecular formula is C11H18N2O2S. The Labute approximate surface area is 100 Å². The highest BCUT2D eigenvalue weighted by molar-refractivity contribution is 7.17. The summed E-state index contributed by atoms with van der Waals surface area (Å²) < 4.78 is 0. The number of hydrogen-bond acceptors (Lipinski definition) is 4.